The molecule has 0 fully saturated rings. The first-order chi connectivity index (χ1) is 12.2. The average molecular weight is 381 g/mol. The van der Waals surface area contributed by atoms with Gasteiger partial charge in [0.2, 0.25) is 11.8 Å². The SMILES string of the molecule is CCC(O/C(=N\N)C(C)C)C(C)(C)CCC(C)(C)c1nc(C(C)(C)C)no1. The molecule has 27 heavy (non-hydrogen) atoms. The van der Waals surface area contributed by atoms with Crippen LogP contribution in [0.1, 0.15) is 100 Å². The molecule has 1 rings (SSSR count). The van der Waals surface area contributed by atoms with Crippen LogP contribution in [0.5, 0.6) is 0 Å². The highest BCUT2D eigenvalue weighted by molar-refractivity contribution is 5.77. The minimum atomic E-state index is -0.200. The normalized spacial score (nSPS) is 15.3. The van der Waals surface area contributed by atoms with E-state index in [1.54, 1.807) is 0 Å². The van der Waals surface area contributed by atoms with Gasteiger partial charge in [-0.1, -0.05) is 74.4 Å². The van der Waals surface area contributed by atoms with Gasteiger partial charge < -0.3 is 15.1 Å². The van der Waals surface area contributed by atoms with Crippen LogP contribution in [-0.2, 0) is 15.6 Å². The standard InChI is InChI=1S/C21H40N4O2/c1-11-15(26-16(24-22)14(2)3)20(7,8)12-13-21(9,10)18-23-17(25-27-18)19(4,5)6/h14-15H,11-13,22H2,1-10H3/b24-16-. The summed E-state index contributed by atoms with van der Waals surface area (Å²) in [5.74, 6) is 7.74. The molecule has 0 aliphatic rings. The molecule has 0 aliphatic heterocycles. The van der Waals surface area contributed by atoms with Crippen LogP contribution < -0.4 is 5.84 Å². The van der Waals surface area contributed by atoms with Crippen molar-refractivity contribution < 1.29 is 9.26 Å². The molecule has 0 bridgehead atoms. The van der Waals surface area contributed by atoms with Crippen LogP contribution in [0.4, 0.5) is 0 Å². The van der Waals surface area contributed by atoms with E-state index in [4.69, 9.17) is 15.1 Å². The maximum absolute atomic E-state index is 6.17. The molecule has 0 saturated carbocycles. The number of nitrogens with two attached hydrogens (primary N) is 1. The van der Waals surface area contributed by atoms with Crippen molar-refractivity contribution in [3.63, 3.8) is 0 Å². The quantitative estimate of drug-likeness (QED) is 0.291. The molecule has 6 nitrogen and oxygen atoms in total. The third-order valence-corrected chi connectivity index (χ3v) is 5.20. The first-order valence-corrected chi connectivity index (χ1v) is 10.0. The highest BCUT2D eigenvalue weighted by atomic mass is 16.5. The van der Waals surface area contributed by atoms with E-state index in [0.717, 1.165) is 25.1 Å². The van der Waals surface area contributed by atoms with Crippen molar-refractivity contribution in [1.82, 2.24) is 10.1 Å². The van der Waals surface area contributed by atoms with Crippen molar-refractivity contribution in [2.45, 2.75) is 105 Å². The van der Waals surface area contributed by atoms with Crippen LogP contribution in [0.2, 0.25) is 0 Å². The molecular weight excluding hydrogens is 340 g/mol. The lowest BCUT2D eigenvalue weighted by atomic mass is 9.75. The second kappa shape index (κ2) is 8.61. The summed E-state index contributed by atoms with van der Waals surface area (Å²) >= 11 is 0. The van der Waals surface area contributed by atoms with Crippen molar-refractivity contribution in [1.29, 1.82) is 0 Å². The Morgan fingerprint density at radius 2 is 1.70 bits per heavy atom. The van der Waals surface area contributed by atoms with E-state index in [1.807, 2.05) is 13.8 Å². The fourth-order valence-electron chi connectivity index (χ4n) is 2.96. The number of nitrogens with zero attached hydrogens (tertiary/aromatic N) is 3. The Balaban J connectivity index is 2.87. The van der Waals surface area contributed by atoms with Gasteiger partial charge in [-0.05, 0) is 19.3 Å². The molecule has 1 aromatic heterocycles. The smallest absolute Gasteiger partial charge is 0.232 e. The van der Waals surface area contributed by atoms with E-state index < -0.39 is 0 Å². The maximum atomic E-state index is 6.17. The maximum Gasteiger partial charge on any atom is 0.232 e. The number of aromatic nitrogens is 2. The van der Waals surface area contributed by atoms with Crippen molar-refractivity contribution in [3.8, 4) is 0 Å². The summed E-state index contributed by atoms with van der Waals surface area (Å²) in [6.45, 7) is 21.3. The van der Waals surface area contributed by atoms with E-state index in [2.05, 4.69) is 70.6 Å². The molecule has 0 spiro atoms. The van der Waals surface area contributed by atoms with Gasteiger partial charge in [0, 0.05) is 22.2 Å². The number of hydrazone groups is 1. The average Bonchev–Trinajstić information content (AvgIpc) is 3.05. The number of hydrogen-bond donors (Lipinski definition) is 1. The molecule has 1 unspecified atom stereocenters. The number of rotatable bonds is 8. The summed E-state index contributed by atoms with van der Waals surface area (Å²) in [4.78, 5) is 4.66. The Morgan fingerprint density at radius 1 is 1.11 bits per heavy atom. The Morgan fingerprint density at radius 3 is 2.11 bits per heavy atom. The fourth-order valence-corrected chi connectivity index (χ4v) is 2.96. The van der Waals surface area contributed by atoms with Crippen LogP contribution in [0.25, 0.3) is 0 Å². The van der Waals surface area contributed by atoms with Gasteiger partial charge in [-0.2, -0.15) is 4.98 Å². The van der Waals surface area contributed by atoms with Gasteiger partial charge in [-0.3, -0.25) is 0 Å². The first-order valence-electron chi connectivity index (χ1n) is 10.0. The minimum Gasteiger partial charge on any atom is -0.476 e. The Bertz CT molecular complexity index is 624. The van der Waals surface area contributed by atoms with Crippen LogP contribution in [0, 0.1) is 11.3 Å². The van der Waals surface area contributed by atoms with Crippen molar-refractivity contribution in [3.05, 3.63) is 11.7 Å². The van der Waals surface area contributed by atoms with Gasteiger partial charge >= 0.3 is 0 Å². The van der Waals surface area contributed by atoms with Gasteiger partial charge in [0.15, 0.2) is 5.82 Å². The van der Waals surface area contributed by atoms with E-state index >= 15 is 0 Å². The van der Waals surface area contributed by atoms with Crippen LogP contribution in [0.15, 0.2) is 9.62 Å². The van der Waals surface area contributed by atoms with Crippen LogP contribution in [0.3, 0.4) is 0 Å². The van der Waals surface area contributed by atoms with Gasteiger partial charge in [-0.15, -0.1) is 5.10 Å². The predicted octanol–water partition coefficient (Wildman–Crippen LogP) is 5.17. The zero-order valence-corrected chi connectivity index (χ0v) is 19.0. The van der Waals surface area contributed by atoms with E-state index in [1.165, 1.54) is 0 Å². The molecule has 1 atom stereocenters. The van der Waals surface area contributed by atoms with Crippen molar-refractivity contribution >= 4 is 5.90 Å². The monoisotopic (exact) mass is 380 g/mol. The predicted molar refractivity (Wildman–Crippen MR) is 111 cm³/mol. The zero-order chi connectivity index (χ0) is 21.0. The Labute approximate surface area is 165 Å². The Hall–Kier alpha value is -1.59. The largest absolute Gasteiger partial charge is 0.476 e. The van der Waals surface area contributed by atoms with Crippen molar-refractivity contribution in [2.24, 2.45) is 22.3 Å². The van der Waals surface area contributed by atoms with E-state index in [9.17, 15) is 0 Å². The summed E-state index contributed by atoms with van der Waals surface area (Å²) in [6, 6.07) is 0. The summed E-state index contributed by atoms with van der Waals surface area (Å²) in [7, 11) is 0. The highest BCUT2D eigenvalue weighted by Gasteiger charge is 2.36. The zero-order valence-electron chi connectivity index (χ0n) is 19.0. The van der Waals surface area contributed by atoms with Gasteiger partial charge in [-0.25, -0.2) is 0 Å². The van der Waals surface area contributed by atoms with E-state index in [0.29, 0.717) is 11.8 Å². The minimum absolute atomic E-state index is 0.0380. The molecule has 0 aliphatic carbocycles. The molecule has 6 heteroatoms. The van der Waals surface area contributed by atoms with Crippen LogP contribution >= 0.6 is 0 Å². The van der Waals surface area contributed by atoms with Crippen LogP contribution in [-0.4, -0.2) is 22.1 Å². The van der Waals surface area contributed by atoms with Crippen molar-refractivity contribution in [2.75, 3.05) is 0 Å². The fraction of sp³-hybridized carbons (Fsp3) is 0.857. The second-order valence-electron chi connectivity index (χ2n) is 10.2. The lowest BCUT2D eigenvalue weighted by Gasteiger charge is -2.36. The van der Waals surface area contributed by atoms with Gasteiger partial charge in [0.1, 0.15) is 6.10 Å². The second-order valence-corrected chi connectivity index (χ2v) is 10.2. The third-order valence-electron chi connectivity index (χ3n) is 5.20. The lowest BCUT2D eigenvalue weighted by molar-refractivity contribution is 0.0407. The molecule has 1 aromatic rings. The first kappa shape index (κ1) is 23.4. The molecule has 156 valence electrons. The highest BCUT2D eigenvalue weighted by Crippen LogP contribution is 2.38. The third kappa shape index (κ3) is 6.22. The molecule has 0 aromatic carbocycles. The molecular formula is C21H40N4O2. The summed E-state index contributed by atoms with van der Waals surface area (Å²) in [5, 5.41) is 8.01. The Kier molecular flexibility index (Phi) is 7.48. The molecule has 2 N–H and O–H groups in total. The molecule has 0 saturated heterocycles. The summed E-state index contributed by atoms with van der Waals surface area (Å²) in [6.07, 6.45) is 2.82. The lowest BCUT2D eigenvalue weighted by Crippen LogP contribution is -2.36. The summed E-state index contributed by atoms with van der Waals surface area (Å²) < 4.78 is 11.8. The number of ether oxygens (including phenoxy) is 1. The van der Waals surface area contributed by atoms with Gasteiger partial charge in [0.25, 0.3) is 0 Å². The van der Waals surface area contributed by atoms with Gasteiger partial charge in [0.05, 0.1) is 0 Å². The van der Waals surface area contributed by atoms with E-state index in [-0.39, 0.29) is 28.3 Å². The topological polar surface area (TPSA) is 86.5 Å². The summed E-state index contributed by atoms with van der Waals surface area (Å²) in [5.41, 5.74) is -0.355. The molecule has 1 heterocycles. The molecule has 0 radical (unpaired) electrons. The number of hydrogen-bond acceptors (Lipinski definition) is 6. The molecule has 0 amide bonds.